The van der Waals surface area contributed by atoms with Gasteiger partial charge in [-0.3, -0.25) is 15.1 Å². The van der Waals surface area contributed by atoms with Gasteiger partial charge in [-0.1, -0.05) is 0 Å². The Labute approximate surface area is 118 Å². The van der Waals surface area contributed by atoms with Gasteiger partial charge in [0.1, 0.15) is 0 Å². The Hall–Kier alpha value is -2.31. The molecule has 0 atom stereocenters. The smallest absolute Gasteiger partial charge is 0.269 e. The number of nitro groups is 1. The van der Waals surface area contributed by atoms with E-state index >= 15 is 0 Å². The summed E-state index contributed by atoms with van der Waals surface area (Å²) in [5, 5.41) is 20.1. The summed E-state index contributed by atoms with van der Waals surface area (Å²) in [6.07, 6.45) is 0. The summed E-state index contributed by atoms with van der Waals surface area (Å²) in [6, 6.07) is 6.67. The van der Waals surface area contributed by atoms with Crippen molar-refractivity contribution in [3.63, 3.8) is 0 Å². The zero-order valence-corrected chi connectivity index (χ0v) is 12.0. The van der Waals surface area contributed by atoms with Gasteiger partial charge in [-0.05, 0) is 26.0 Å². The number of nitro benzene ring substituents is 1. The first kappa shape index (κ1) is 15.7. The summed E-state index contributed by atoms with van der Waals surface area (Å²) in [7, 11) is 1.72. The zero-order valence-electron chi connectivity index (χ0n) is 12.0. The summed E-state index contributed by atoms with van der Waals surface area (Å²) in [6.45, 7) is 5.48. The molecular formula is C13H21N5O2. The quantitative estimate of drug-likeness (QED) is 0.242. The van der Waals surface area contributed by atoms with Crippen molar-refractivity contribution in [1.29, 1.82) is 0 Å². The van der Waals surface area contributed by atoms with Crippen molar-refractivity contribution in [2.75, 3.05) is 25.5 Å². The van der Waals surface area contributed by atoms with Gasteiger partial charge in [0.2, 0.25) is 0 Å². The van der Waals surface area contributed by atoms with Crippen molar-refractivity contribution in [2.45, 2.75) is 19.9 Å². The predicted octanol–water partition coefficient (Wildman–Crippen LogP) is 1.58. The fraction of sp³-hybridized carbons (Fsp3) is 0.462. The van der Waals surface area contributed by atoms with Crippen LogP contribution < -0.4 is 16.0 Å². The molecule has 0 fully saturated rings. The molecule has 0 aromatic heterocycles. The van der Waals surface area contributed by atoms with E-state index in [1.165, 1.54) is 12.1 Å². The van der Waals surface area contributed by atoms with E-state index in [4.69, 9.17) is 0 Å². The average Bonchev–Trinajstić information content (AvgIpc) is 2.42. The maximum absolute atomic E-state index is 10.5. The lowest BCUT2D eigenvalue weighted by Gasteiger charge is -2.14. The summed E-state index contributed by atoms with van der Waals surface area (Å²) in [5.41, 5.74) is 0.944. The Kier molecular flexibility index (Phi) is 6.28. The lowest BCUT2D eigenvalue weighted by Crippen LogP contribution is -2.42. The van der Waals surface area contributed by atoms with E-state index in [2.05, 4.69) is 20.9 Å². The normalized spacial score (nSPS) is 11.3. The number of nitrogens with one attached hydrogen (secondary N) is 3. The van der Waals surface area contributed by atoms with E-state index < -0.39 is 4.92 Å². The molecule has 0 saturated heterocycles. The molecule has 1 aromatic rings. The van der Waals surface area contributed by atoms with E-state index in [0.717, 1.165) is 11.6 Å². The van der Waals surface area contributed by atoms with Gasteiger partial charge in [-0.25, -0.2) is 0 Å². The second-order valence-electron chi connectivity index (χ2n) is 4.53. The van der Waals surface area contributed by atoms with E-state index in [1.54, 1.807) is 19.2 Å². The molecule has 1 rings (SSSR count). The molecule has 0 unspecified atom stereocenters. The second-order valence-corrected chi connectivity index (χ2v) is 4.53. The van der Waals surface area contributed by atoms with Gasteiger partial charge in [-0.15, -0.1) is 0 Å². The molecule has 0 saturated carbocycles. The van der Waals surface area contributed by atoms with Crippen LogP contribution in [-0.4, -0.2) is 37.1 Å². The highest BCUT2D eigenvalue weighted by Crippen LogP contribution is 2.14. The third kappa shape index (κ3) is 5.55. The lowest BCUT2D eigenvalue weighted by molar-refractivity contribution is -0.384. The largest absolute Gasteiger partial charge is 0.383 e. The molecule has 0 radical (unpaired) electrons. The van der Waals surface area contributed by atoms with Crippen LogP contribution in [0.5, 0.6) is 0 Å². The summed E-state index contributed by atoms with van der Waals surface area (Å²) < 4.78 is 0. The minimum atomic E-state index is -0.410. The second kappa shape index (κ2) is 7.98. The Morgan fingerprint density at radius 2 is 1.95 bits per heavy atom. The SMILES string of the molecule is CN=C(NCCNc1ccc([N+](=O)[O-])cc1)NC(C)C. The molecule has 0 spiro atoms. The minimum Gasteiger partial charge on any atom is -0.383 e. The van der Waals surface area contributed by atoms with Crippen molar-refractivity contribution >= 4 is 17.3 Å². The van der Waals surface area contributed by atoms with Crippen LogP contribution in [0.2, 0.25) is 0 Å². The molecule has 20 heavy (non-hydrogen) atoms. The molecule has 0 aliphatic carbocycles. The topological polar surface area (TPSA) is 91.6 Å². The summed E-state index contributed by atoms with van der Waals surface area (Å²) in [5.74, 6) is 0.755. The van der Waals surface area contributed by atoms with Gasteiger partial charge in [-0.2, -0.15) is 0 Å². The third-order valence-corrected chi connectivity index (χ3v) is 2.47. The van der Waals surface area contributed by atoms with Crippen molar-refractivity contribution < 1.29 is 4.92 Å². The van der Waals surface area contributed by atoms with Crippen LogP contribution in [0.25, 0.3) is 0 Å². The number of guanidine groups is 1. The van der Waals surface area contributed by atoms with Crippen LogP contribution >= 0.6 is 0 Å². The van der Waals surface area contributed by atoms with E-state index in [-0.39, 0.29) is 5.69 Å². The molecule has 0 heterocycles. The summed E-state index contributed by atoms with van der Waals surface area (Å²) in [4.78, 5) is 14.2. The third-order valence-electron chi connectivity index (χ3n) is 2.47. The van der Waals surface area contributed by atoms with Gasteiger partial charge in [0.25, 0.3) is 5.69 Å². The van der Waals surface area contributed by atoms with Gasteiger partial charge < -0.3 is 16.0 Å². The molecule has 7 nitrogen and oxygen atoms in total. The molecular weight excluding hydrogens is 258 g/mol. The minimum absolute atomic E-state index is 0.0928. The molecule has 0 bridgehead atoms. The van der Waals surface area contributed by atoms with Crippen molar-refractivity contribution in [3.8, 4) is 0 Å². The first-order chi connectivity index (χ1) is 9.52. The standard InChI is InChI=1S/C13H21N5O2/c1-10(2)17-13(14-3)16-9-8-15-11-4-6-12(7-5-11)18(19)20/h4-7,10,15H,8-9H2,1-3H3,(H2,14,16,17). The van der Waals surface area contributed by atoms with Crippen LogP contribution in [0.15, 0.2) is 29.3 Å². The van der Waals surface area contributed by atoms with Gasteiger partial charge in [0.05, 0.1) is 4.92 Å². The molecule has 0 amide bonds. The van der Waals surface area contributed by atoms with E-state index in [1.807, 2.05) is 13.8 Å². The highest BCUT2D eigenvalue weighted by Gasteiger charge is 2.03. The van der Waals surface area contributed by atoms with Crippen molar-refractivity contribution in [2.24, 2.45) is 4.99 Å². The molecule has 0 aliphatic heterocycles. The monoisotopic (exact) mass is 279 g/mol. The molecule has 1 aromatic carbocycles. The molecule has 110 valence electrons. The number of benzene rings is 1. The number of hydrogen-bond acceptors (Lipinski definition) is 4. The van der Waals surface area contributed by atoms with Crippen LogP contribution in [0, 0.1) is 10.1 Å². The van der Waals surface area contributed by atoms with E-state index in [0.29, 0.717) is 19.1 Å². The molecule has 3 N–H and O–H groups in total. The van der Waals surface area contributed by atoms with Gasteiger partial charge in [0.15, 0.2) is 5.96 Å². The number of non-ortho nitro benzene ring substituents is 1. The maximum atomic E-state index is 10.5. The molecule has 0 aliphatic rings. The fourth-order valence-corrected chi connectivity index (χ4v) is 1.56. The van der Waals surface area contributed by atoms with Crippen LogP contribution in [0.3, 0.4) is 0 Å². The van der Waals surface area contributed by atoms with Crippen LogP contribution in [0.1, 0.15) is 13.8 Å². The lowest BCUT2D eigenvalue weighted by atomic mass is 10.3. The number of anilines is 1. The van der Waals surface area contributed by atoms with Crippen molar-refractivity contribution in [3.05, 3.63) is 34.4 Å². The highest BCUT2D eigenvalue weighted by molar-refractivity contribution is 5.79. The predicted molar refractivity (Wildman–Crippen MR) is 81.2 cm³/mol. The zero-order chi connectivity index (χ0) is 15.0. The number of nitrogens with zero attached hydrogens (tertiary/aromatic N) is 2. The highest BCUT2D eigenvalue weighted by atomic mass is 16.6. The number of hydrogen-bond donors (Lipinski definition) is 3. The van der Waals surface area contributed by atoms with E-state index in [9.17, 15) is 10.1 Å². The van der Waals surface area contributed by atoms with Gasteiger partial charge >= 0.3 is 0 Å². The van der Waals surface area contributed by atoms with Gasteiger partial charge in [0, 0.05) is 44.0 Å². The Bertz CT molecular complexity index is 456. The van der Waals surface area contributed by atoms with Crippen LogP contribution in [0.4, 0.5) is 11.4 Å². The first-order valence-corrected chi connectivity index (χ1v) is 6.48. The average molecular weight is 279 g/mol. The Morgan fingerprint density at radius 1 is 1.30 bits per heavy atom. The Morgan fingerprint density at radius 3 is 2.45 bits per heavy atom. The Balaban J connectivity index is 2.32. The summed E-state index contributed by atoms with van der Waals surface area (Å²) >= 11 is 0. The number of aliphatic imine (C=N–C) groups is 1. The maximum Gasteiger partial charge on any atom is 0.269 e. The van der Waals surface area contributed by atoms with Crippen molar-refractivity contribution in [1.82, 2.24) is 10.6 Å². The molecule has 7 heteroatoms. The number of rotatable bonds is 6. The van der Waals surface area contributed by atoms with Crippen LogP contribution in [-0.2, 0) is 0 Å². The fourth-order valence-electron chi connectivity index (χ4n) is 1.56. The first-order valence-electron chi connectivity index (χ1n) is 6.48.